The summed E-state index contributed by atoms with van der Waals surface area (Å²) < 4.78 is 28.2. The Labute approximate surface area is 168 Å². The summed E-state index contributed by atoms with van der Waals surface area (Å²) in [7, 11) is -3.55. The number of benzene rings is 2. The lowest BCUT2D eigenvalue weighted by Gasteiger charge is -2.29. The highest BCUT2D eigenvalue weighted by Crippen LogP contribution is 2.19. The van der Waals surface area contributed by atoms with E-state index in [1.807, 2.05) is 36.1 Å². The minimum absolute atomic E-state index is 0.00843. The van der Waals surface area contributed by atoms with Gasteiger partial charge in [0.05, 0.1) is 5.75 Å². The Balaban J connectivity index is 2.18. The number of nitrogens with zero attached hydrogens (tertiary/aromatic N) is 1. The molecule has 0 saturated heterocycles. The summed E-state index contributed by atoms with van der Waals surface area (Å²) in [5.74, 6) is 0.190. The zero-order valence-corrected chi connectivity index (χ0v) is 17.8. The van der Waals surface area contributed by atoms with E-state index in [4.69, 9.17) is 4.18 Å². The quantitative estimate of drug-likeness (QED) is 0.582. The summed E-state index contributed by atoms with van der Waals surface area (Å²) in [6.07, 6.45) is 1.78. The third-order valence-corrected chi connectivity index (χ3v) is 6.00. The fourth-order valence-corrected chi connectivity index (χ4v) is 3.27. The summed E-state index contributed by atoms with van der Waals surface area (Å²) >= 11 is 0. The van der Waals surface area contributed by atoms with Crippen molar-refractivity contribution in [1.82, 2.24) is 4.90 Å². The second kappa shape index (κ2) is 9.73. The van der Waals surface area contributed by atoms with Gasteiger partial charge in [0.2, 0.25) is 0 Å². The summed E-state index contributed by atoms with van der Waals surface area (Å²) in [6, 6.07) is 14.6. The number of carbonyl (C=O) groups is 1. The number of hydrogen-bond acceptors (Lipinski definition) is 4. The van der Waals surface area contributed by atoms with E-state index in [0.29, 0.717) is 12.1 Å². The van der Waals surface area contributed by atoms with Gasteiger partial charge in [0, 0.05) is 18.2 Å². The molecule has 5 nitrogen and oxygen atoms in total. The molecule has 0 heterocycles. The maximum absolute atomic E-state index is 13.1. The first kappa shape index (κ1) is 22.0. The van der Waals surface area contributed by atoms with Crippen molar-refractivity contribution in [3.05, 3.63) is 65.2 Å². The number of aryl methyl sites for hydroxylation is 1. The van der Waals surface area contributed by atoms with Crippen LogP contribution in [0.25, 0.3) is 0 Å². The Kier molecular flexibility index (Phi) is 7.63. The highest BCUT2D eigenvalue weighted by Gasteiger charge is 2.21. The minimum atomic E-state index is -3.55. The molecule has 0 bridgehead atoms. The van der Waals surface area contributed by atoms with Gasteiger partial charge in [-0.1, -0.05) is 38.1 Å². The molecule has 1 amide bonds. The molecule has 0 radical (unpaired) electrons. The van der Waals surface area contributed by atoms with Crippen LogP contribution in [0.3, 0.4) is 0 Å². The van der Waals surface area contributed by atoms with Gasteiger partial charge < -0.3 is 9.08 Å². The number of carbonyl (C=O) groups excluding carboxylic acids is 1. The van der Waals surface area contributed by atoms with Gasteiger partial charge in [-0.3, -0.25) is 4.79 Å². The topological polar surface area (TPSA) is 63.7 Å². The van der Waals surface area contributed by atoms with Crippen LogP contribution in [0.5, 0.6) is 5.75 Å². The van der Waals surface area contributed by atoms with Crippen LogP contribution in [0.4, 0.5) is 0 Å². The smallest absolute Gasteiger partial charge is 0.308 e. The first-order valence-corrected chi connectivity index (χ1v) is 11.3. The number of hydrogen-bond donors (Lipinski definition) is 0. The van der Waals surface area contributed by atoms with Crippen molar-refractivity contribution in [1.29, 1.82) is 0 Å². The molecule has 152 valence electrons. The highest BCUT2D eigenvalue weighted by atomic mass is 32.2. The van der Waals surface area contributed by atoms with Gasteiger partial charge in [0.1, 0.15) is 5.75 Å². The van der Waals surface area contributed by atoms with E-state index in [2.05, 4.69) is 13.8 Å². The molecule has 0 aromatic heterocycles. The van der Waals surface area contributed by atoms with Gasteiger partial charge in [-0.25, -0.2) is 0 Å². The number of amides is 1. The molecular formula is C22H29NO4S. The molecule has 28 heavy (non-hydrogen) atoms. The molecule has 1 atom stereocenters. The van der Waals surface area contributed by atoms with Crippen LogP contribution in [0.1, 0.15) is 55.6 Å². The van der Waals surface area contributed by atoms with E-state index in [9.17, 15) is 13.2 Å². The van der Waals surface area contributed by atoms with Crippen molar-refractivity contribution in [3.63, 3.8) is 0 Å². The first-order valence-electron chi connectivity index (χ1n) is 9.70. The highest BCUT2D eigenvalue weighted by molar-refractivity contribution is 7.87. The summed E-state index contributed by atoms with van der Waals surface area (Å²) in [5.41, 5.74) is 2.79. The molecule has 0 aliphatic rings. The zero-order valence-electron chi connectivity index (χ0n) is 17.0. The molecule has 0 N–H and O–H groups in total. The second-order valence-corrected chi connectivity index (χ2v) is 8.67. The van der Waals surface area contributed by atoms with Gasteiger partial charge in [0.15, 0.2) is 0 Å². The van der Waals surface area contributed by atoms with Crippen molar-refractivity contribution >= 4 is 16.0 Å². The summed E-state index contributed by atoms with van der Waals surface area (Å²) in [4.78, 5) is 14.9. The summed E-state index contributed by atoms with van der Waals surface area (Å²) in [5, 5.41) is 0. The van der Waals surface area contributed by atoms with Crippen molar-refractivity contribution in [2.24, 2.45) is 0 Å². The lowest BCUT2D eigenvalue weighted by Crippen LogP contribution is -2.37. The van der Waals surface area contributed by atoms with E-state index < -0.39 is 10.1 Å². The maximum Gasteiger partial charge on any atom is 0.308 e. The van der Waals surface area contributed by atoms with Crippen molar-refractivity contribution in [2.75, 3.05) is 5.75 Å². The molecule has 0 spiro atoms. The molecule has 0 saturated carbocycles. The van der Waals surface area contributed by atoms with E-state index in [1.165, 1.54) is 12.5 Å². The average molecular weight is 404 g/mol. The molecule has 6 heteroatoms. The maximum atomic E-state index is 13.1. The fourth-order valence-electron chi connectivity index (χ4n) is 2.75. The van der Waals surface area contributed by atoms with Crippen LogP contribution in [0.2, 0.25) is 0 Å². The molecule has 2 aromatic rings. The zero-order chi connectivity index (χ0) is 20.7. The normalized spacial score (nSPS) is 12.4. The van der Waals surface area contributed by atoms with Crippen LogP contribution < -0.4 is 4.18 Å². The molecule has 2 aromatic carbocycles. The molecule has 0 aliphatic carbocycles. The van der Waals surface area contributed by atoms with Crippen LogP contribution in [0, 0.1) is 0 Å². The molecule has 0 aliphatic heterocycles. The Bertz CT molecular complexity index is 874. The number of rotatable bonds is 9. The van der Waals surface area contributed by atoms with E-state index in [0.717, 1.165) is 18.4 Å². The van der Waals surface area contributed by atoms with Crippen molar-refractivity contribution < 1.29 is 17.4 Å². The molecular weight excluding hydrogens is 374 g/mol. The first-order chi connectivity index (χ1) is 13.3. The van der Waals surface area contributed by atoms with E-state index in [-0.39, 0.29) is 23.5 Å². The predicted octanol–water partition coefficient (Wildman–Crippen LogP) is 4.42. The Hall–Kier alpha value is -2.34. The lowest BCUT2D eigenvalue weighted by atomic mass is 10.1. The van der Waals surface area contributed by atoms with Crippen LogP contribution >= 0.6 is 0 Å². The summed E-state index contributed by atoms with van der Waals surface area (Å²) in [6.45, 7) is 8.15. The Morgan fingerprint density at radius 2 is 1.54 bits per heavy atom. The lowest BCUT2D eigenvalue weighted by molar-refractivity contribution is 0.0671. The van der Waals surface area contributed by atoms with Gasteiger partial charge >= 0.3 is 10.1 Å². The fraction of sp³-hybridized carbons (Fsp3) is 0.409. The third kappa shape index (κ3) is 5.83. The van der Waals surface area contributed by atoms with E-state index >= 15 is 0 Å². The standard InChI is InChI=1S/C22H29NO4S/c1-5-17(4)23(22(24)20-12-8-18(6-2)9-13-20)16-19-10-14-21(15-11-19)27-28(25,26)7-3/h8-15,17H,5-7,16H2,1-4H3/t17-/m1/s1. The van der Waals surface area contributed by atoms with Gasteiger partial charge in [-0.2, -0.15) is 8.42 Å². The van der Waals surface area contributed by atoms with E-state index in [1.54, 1.807) is 24.3 Å². The Morgan fingerprint density at radius 3 is 2.04 bits per heavy atom. The van der Waals surface area contributed by atoms with Crippen LogP contribution in [-0.2, 0) is 23.1 Å². The monoisotopic (exact) mass is 403 g/mol. The van der Waals surface area contributed by atoms with Gasteiger partial charge in [0.25, 0.3) is 5.91 Å². The van der Waals surface area contributed by atoms with Gasteiger partial charge in [-0.05, 0) is 62.1 Å². The minimum Gasteiger partial charge on any atom is -0.382 e. The molecule has 2 rings (SSSR count). The second-order valence-electron chi connectivity index (χ2n) is 6.81. The Morgan fingerprint density at radius 1 is 0.964 bits per heavy atom. The molecule has 0 fully saturated rings. The predicted molar refractivity (Wildman–Crippen MR) is 112 cm³/mol. The van der Waals surface area contributed by atoms with Gasteiger partial charge in [-0.15, -0.1) is 0 Å². The largest absolute Gasteiger partial charge is 0.382 e. The molecule has 0 unspecified atom stereocenters. The average Bonchev–Trinajstić information content (AvgIpc) is 2.72. The van der Waals surface area contributed by atoms with Crippen LogP contribution in [0.15, 0.2) is 48.5 Å². The van der Waals surface area contributed by atoms with Crippen molar-refractivity contribution in [3.8, 4) is 5.75 Å². The SMILES string of the molecule is CCc1ccc(C(=O)N(Cc2ccc(OS(=O)(=O)CC)cc2)[C@H](C)CC)cc1. The van der Waals surface area contributed by atoms with Crippen LogP contribution in [-0.4, -0.2) is 31.0 Å². The third-order valence-electron chi connectivity index (χ3n) is 4.85. The van der Waals surface area contributed by atoms with Crippen molar-refractivity contribution in [2.45, 2.75) is 53.1 Å².